The Kier molecular flexibility index (Phi) is 6.39. The Hall–Kier alpha value is -0.0831. The molecule has 0 spiro atoms. The molecule has 0 heterocycles. The highest BCUT2D eigenvalue weighted by Crippen LogP contribution is 2.08. The van der Waals surface area contributed by atoms with Crippen molar-refractivity contribution in [3.63, 3.8) is 0 Å². The minimum absolute atomic E-state index is 0.126. The first-order chi connectivity index (χ1) is 5.54. The normalized spacial score (nSPS) is 14.9. The van der Waals surface area contributed by atoms with Crippen LogP contribution in [0, 0.1) is 5.92 Å². The predicted octanol–water partition coefficient (Wildman–Crippen LogP) is 2.63. The van der Waals surface area contributed by atoms with Crippen molar-refractivity contribution in [2.45, 2.75) is 45.9 Å². The topological polar surface area (TPSA) is 20.2 Å². The first-order valence-corrected chi connectivity index (χ1v) is 7.26. The van der Waals surface area contributed by atoms with Gasteiger partial charge in [-0.3, -0.25) is 0 Å². The molecule has 0 aliphatic carbocycles. The fourth-order valence-corrected chi connectivity index (χ4v) is 1.56. The summed E-state index contributed by atoms with van der Waals surface area (Å²) >= 11 is 0. The molecule has 12 heavy (non-hydrogen) atoms. The van der Waals surface area contributed by atoms with Crippen LogP contribution in [0.3, 0.4) is 0 Å². The van der Waals surface area contributed by atoms with Gasteiger partial charge in [0.2, 0.25) is 0 Å². The SMILES string of the molecule is CC(C)C(O)CC/C=C\[Si](C)C. The summed E-state index contributed by atoms with van der Waals surface area (Å²) in [6.45, 7) is 8.65. The fourth-order valence-electron chi connectivity index (χ4n) is 0.919. The van der Waals surface area contributed by atoms with E-state index in [0.717, 1.165) is 12.8 Å². The molecule has 0 rings (SSSR count). The second-order valence-electron chi connectivity index (χ2n) is 3.87. The van der Waals surface area contributed by atoms with E-state index >= 15 is 0 Å². The summed E-state index contributed by atoms with van der Waals surface area (Å²) in [5.41, 5.74) is 2.29. The number of hydrogen-bond acceptors (Lipinski definition) is 1. The van der Waals surface area contributed by atoms with Crippen LogP contribution < -0.4 is 0 Å². The van der Waals surface area contributed by atoms with E-state index in [1.807, 2.05) is 0 Å². The zero-order valence-electron chi connectivity index (χ0n) is 8.67. The monoisotopic (exact) mass is 185 g/mol. The average Bonchev–Trinajstić information content (AvgIpc) is 1.97. The molecule has 2 heteroatoms. The minimum Gasteiger partial charge on any atom is -0.393 e. The van der Waals surface area contributed by atoms with E-state index in [1.165, 1.54) is 0 Å². The third-order valence-electron chi connectivity index (χ3n) is 1.85. The van der Waals surface area contributed by atoms with E-state index in [0.29, 0.717) is 5.92 Å². The van der Waals surface area contributed by atoms with Gasteiger partial charge >= 0.3 is 0 Å². The van der Waals surface area contributed by atoms with Gasteiger partial charge in [0, 0.05) is 0 Å². The Balaban J connectivity index is 3.43. The highest BCUT2D eigenvalue weighted by Gasteiger charge is 2.06. The summed E-state index contributed by atoms with van der Waals surface area (Å²) in [5, 5.41) is 9.47. The molecule has 0 aromatic carbocycles. The molecule has 0 fully saturated rings. The lowest BCUT2D eigenvalue weighted by Gasteiger charge is -2.12. The first kappa shape index (κ1) is 11.9. The Bertz CT molecular complexity index is 130. The smallest absolute Gasteiger partial charge is 0.0688 e. The molecular formula is C10H21OSi. The van der Waals surface area contributed by atoms with Crippen molar-refractivity contribution in [2.75, 3.05) is 0 Å². The van der Waals surface area contributed by atoms with E-state index in [-0.39, 0.29) is 14.9 Å². The van der Waals surface area contributed by atoms with Crippen LogP contribution in [0.5, 0.6) is 0 Å². The molecule has 0 bridgehead atoms. The van der Waals surface area contributed by atoms with Crippen LogP contribution in [0.25, 0.3) is 0 Å². The largest absolute Gasteiger partial charge is 0.393 e. The van der Waals surface area contributed by atoms with Gasteiger partial charge in [-0.2, -0.15) is 0 Å². The van der Waals surface area contributed by atoms with Crippen LogP contribution >= 0.6 is 0 Å². The molecule has 0 saturated heterocycles. The van der Waals surface area contributed by atoms with Gasteiger partial charge in [0.05, 0.1) is 14.9 Å². The van der Waals surface area contributed by atoms with Crippen LogP contribution in [-0.2, 0) is 0 Å². The summed E-state index contributed by atoms with van der Waals surface area (Å²) in [5.74, 6) is 0.395. The van der Waals surface area contributed by atoms with Crippen molar-refractivity contribution in [2.24, 2.45) is 5.92 Å². The van der Waals surface area contributed by atoms with Crippen molar-refractivity contribution in [1.82, 2.24) is 0 Å². The average molecular weight is 185 g/mol. The quantitative estimate of drug-likeness (QED) is 0.653. The molecule has 1 atom stereocenters. The maximum Gasteiger partial charge on any atom is 0.0688 e. The third kappa shape index (κ3) is 6.62. The van der Waals surface area contributed by atoms with Crippen molar-refractivity contribution >= 4 is 8.80 Å². The van der Waals surface area contributed by atoms with Gasteiger partial charge in [-0.1, -0.05) is 33.0 Å². The zero-order chi connectivity index (χ0) is 9.56. The third-order valence-corrected chi connectivity index (χ3v) is 2.75. The molecule has 71 valence electrons. The number of rotatable bonds is 5. The molecule has 0 amide bonds. The van der Waals surface area contributed by atoms with Crippen molar-refractivity contribution in [3.05, 3.63) is 11.8 Å². The van der Waals surface area contributed by atoms with Crippen LogP contribution in [-0.4, -0.2) is 20.0 Å². The number of aliphatic hydroxyl groups is 1. The van der Waals surface area contributed by atoms with Gasteiger partial charge in [0.15, 0.2) is 0 Å². The lowest BCUT2D eigenvalue weighted by molar-refractivity contribution is 0.117. The molecule has 1 radical (unpaired) electrons. The van der Waals surface area contributed by atoms with Gasteiger partial charge in [-0.05, 0) is 18.8 Å². The molecule has 1 unspecified atom stereocenters. The van der Waals surface area contributed by atoms with Crippen LogP contribution in [0.2, 0.25) is 13.1 Å². The second kappa shape index (κ2) is 6.43. The van der Waals surface area contributed by atoms with Crippen LogP contribution in [0.15, 0.2) is 11.8 Å². The first-order valence-electron chi connectivity index (χ1n) is 4.68. The molecule has 1 N–H and O–H groups in total. The van der Waals surface area contributed by atoms with Crippen LogP contribution in [0.4, 0.5) is 0 Å². The Morgan fingerprint density at radius 1 is 1.33 bits per heavy atom. The minimum atomic E-state index is -0.215. The fraction of sp³-hybridized carbons (Fsp3) is 0.800. The Labute approximate surface area is 78.1 Å². The lowest BCUT2D eigenvalue weighted by atomic mass is 10.0. The van der Waals surface area contributed by atoms with E-state index in [1.54, 1.807) is 0 Å². The van der Waals surface area contributed by atoms with Gasteiger partial charge in [0.25, 0.3) is 0 Å². The molecule has 1 nitrogen and oxygen atoms in total. The van der Waals surface area contributed by atoms with E-state index in [9.17, 15) is 5.11 Å². The summed E-state index contributed by atoms with van der Waals surface area (Å²) in [6, 6.07) is 0. The molecule has 0 aromatic heterocycles. The van der Waals surface area contributed by atoms with Gasteiger partial charge < -0.3 is 5.11 Å². The maximum atomic E-state index is 9.47. The zero-order valence-corrected chi connectivity index (χ0v) is 9.67. The molecule has 0 aliphatic heterocycles. The number of allylic oxidation sites excluding steroid dienone is 1. The van der Waals surface area contributed by atoms with Gasteiger partial charge in [0.1, 0.15) is 0 Å². The van der Waals surface area contributed by atoms with Crippen molar-refractivity contribution < 1.29 is 5.11 Å². The molecule has 0 aliphatic rings. The van der Waals surface area contributed by atoms with E-state index < -0.39 is 0 Å². The predicted molar refractivity (Wildman–Crippen MR) is 56.7 cm³/mol. The van der Waals surface area contributed by atoms with Crippen molar-refractivity contribution in [1.29, 1.82) is 0 Å². The highest BCUT2D eigenvalue weighted by atomic mass is 28.3. The van der Waals surface area contributed by atoms with Gasteiger partial charge in [-0.25, -0.2) is 0 Å². The standard InChI is InChI=1S/C10H21OSi/c1-9(2)10(11)7-5-6-8-12(3)4/h6,8-11H,5,7H2,1-4H3/b8-6-. The summed E-state index contributed by atoms with van der Waals surface area (Å²) in [7, 11) is -0.215. The summed E-state index contributed by atoms with van der Waals surface area (Å²) < 4.78 is 0. The number of aliphatic hydroxyl groups excluding tert-OH is 1. The van der Waals surface area contributed by atoms with Gasteiger partial charge in [-0.15, -0.1) is 5.70 Å². The number of hydrogen-bond donors (Lipinski definition) is 1. The Morgan fingerprint density at radius 3 is 2.33 bits per heavy atom. The van der Waals surface area contributed by atoms with Crippen molar-refractivity contribution in [3.8, 4) is 0 Å². The Morgan fingerprint density at radius 2 is 1.92 bits per heavy atom. The van der Waals surface area contributed by atoms with E-state index in [2.05, 4.69) is 38.7 Å². The lowest BCUT2D eigenvalue weighted by Crippen LogP contribution is -2.13. The maximum absolute atomic E-state index is 9.47. The van der Waals surface area contributed by atoms with Crippen LogP contribution in [0.1, 0.15) is 26.7 Å². The highest BCUT2D eigenvalue weighted by molar-refractivity contribution is 6.61. The summed E-state index contributed by atoms with van der Waals surface area (Å²) in [4.78, 5) is 0. The second-order valence-corrected chi connectivity index (χ2v) is 6.36. The molecular weight excluding hydrogens is 164 g/mol. The molecule has 0 aromatic rings. The summed E-state index contributed by atoms with van der Waals surface area (Å²) in [6.07, 6.45) is 4.01. The van der Waals surface area contributed by atoms with E-state index in [4.69, 9.17) is 0 Å². The molecule has 0 saturated carbocycles.